The van der Waals surface area contributed by atoms with E-state index in [1.54, 1.807) is 6.07 Å². The molecule has 0 unspecified atom stereocenters. The van der Waals surface area contributed by atoms with E-state index in [0.29, 0.717) is 17.1 Å². The molecule has 118 valence electrons. The molecule has 0 radical (unpaired) electrons. The number of hydrogen-bond acceptors (Lipinski definition) is 4. The molecule has 2 N–H and O–H groups in total. The summed E-state index contributed by atoms with van der Waals surface area (Å²) in [6, 6.07) is 13.7. The molecule has 3 rings (SSSR count). The van der Waals surface area contributed by atoms with Gasteiger partial charge in [0.2, 0.25) is 0 Å². The fraction of sp³-hybridized carbons (Fsp3) is 0.235. The first-order valence-corrected chi connectivity index (χ1v) is 8.24. The number of H-pyrrole nitrogens is 1. The Balaban J connectivity index is 1.72. The SMILES string of the molecule is CC(C)(NC(=O)c1cccs1)c1n[nH]c(Cc2ccccc2)n1. The molecule has 0 aliphatic rings. The lowest BCUT2D eigenvalue weighted by Gasteiger charge is -2.22. The molecule has 0 saturated carbocycles. The zero-order valence-electron chi connectivity index (χ0n) is 13.0. The predicted octanol–water partition coefficient (Wildman–Crippen LogP) is 3.12. The van der Waals surface area contributed by atoms with Crippen LogP contribution in [0.4, 0.5) is 0 Å². The first-order valence-electron chi connectivity index (χ1n) is 7.36. The van der Waals surface area contributed by atoms with E-state index in [1.807, 2.05) is 55.6 Å². The molecule has 0 aliphatic heterocycles. The Labute approximate surface area is 138 Å². The van der Waals surface area contributed by atoms with Crippen LogP contribution in [-0.2, 0) is 12.0 Å². The topological polar surface area (TPSA) is 70.7 Å². The van der Waals surface area contributed by atoms with E-state index in [2.05, 4.69) is 20.5 Å². The largest absolute Gasteiger partial charge is 0.339 e. The standard InChI is InChI=1S/C17H18N4OS/c1-17(2,19-15(22)13-9-6-10-23-13)16-18-14(20-21-16)11-12-7-4-3-5-8-12/h3-10H,11H2,1-2H3,(H,19,22)(H,18,20,21). The van der Waals surface area contributed by atoms with Crippen molar-refractivity contribution in [2.24, 2.45) is 0 Å². The maximum absolute atomic E-state index is 12.2. The average molecular weight is 326 g/mol. The summed E-state index contributed by atoms with van der Waals surface area (Å²) in [5.41, 5.74) is 0.516. The molecule has 0 atom stereocenters. The summed E-state index contributed by atoms with van der Waals surface area (Å²) >= 11 is 1.41. The van der Waals surface area contributed by atoms with E-state index in [1.165, 1.54) is 11.3 Å². The van der Waals surface area contributed by atoms with Gasteiger partial charge in [0.15, 0.2) is 5.82 Å². The number of rotatable bonds is 5. The monoisotopic (exact) mass is 326 g/mol. The van der Waals surface area contributed by atoms with Gasteiger partial charge in [-0.25, -0.2) is 4.98 Å². The van der Waals surface area contributed by atoms with Crippen LogP contribution in [0.5, 0.6) is 0 Å². The molecule has 1 amide bonds. The zero-order chi connectivity index (χ0) is 16.3. The number of nitrogens with zero attached hydrogens (tertiary/aromatic N) is 2. The molecular formula is C17H18N4OS. The van der Waals surface area contributed by atoms with Gasteiger partial charge in [-0.15, -0.1) is 11.3 Å². The molecule has 23 heavy (non-hydrogen) atoms. The van der Waals surface area contributed by atoms with Crippen molar-refractivity contribution in [1.29, 1.82) is 0 Å². The van der Waals surface area contributed by atoms with Crippen LogP contribution in [0.15, 0.2) is 47.8 Å². The Morgan fingerprint density at radius 1 is 1.22 bits per heavy atom. The quantitative estimate of drug-likeness (QED) is 0.757. The Morgan fingerprint density at radius 3 is 2.70 bits per heavy atom. The molecule has 3 aromatic rings. The average Bonchev–Trinajstić information content (AvgIpc) is 3.19. The minimum absolute atomic E-state index is 0.112. The van der Waals surface area contributed by atoms with E-state index >= 15 is 0 Å². The molecule has 0 bridgehead atoms. The first kappa shape index (κ1) is 15.4. The number of aromatic nitrogens is 3. The molecule has 6 heteroatoms. The van der Waals surface area contributed by atoms with Gasteiger partial charge in [-0.1, -0.05) is 36.4 Å². The molecule has 1 aromatic carbocycles. The van der Waals surface area contributed by atoms with Crippen molar-refractivity contribution in [3.8, 4) is 0 Å². The van der Waals surface area contributed by atoms with Crippen molar-refractivity contribution < 1.29 is 4.79 Å². The lowest BCUT2D eigenvalue weighted by atomic mass is 10.0. The fourth-order valence-corrected chi connectivity index (χ4v) is 2.87. The van der Waals surface area contributed by atoms with Crippen molar-refractivity contribution in [3.63, 3.8) is 0 Å². The van der Waals surface area contributed by atoms with Gasteiger partial charge in [0.1, 0.15) is 5.82 Å². The van der Waals surface area contributed by atoms with Crippen molar-refractivity contribution in [3.05, 3.63) is 69.9 Å². The summed E-state index contributed by atoms with van der Waals surface area (Å²) < 4.78 is 0. The number of aromatic amines is 1. The summed E-state index contributed by atoms with van der Waals surface area (Å²) in [5.74, 6) is 1.25. The third-order valence-electron chi connectivity index (χ3n) is 3.48. The van der Waals surface area contributed by atoms with Crippen molar-refractivity contribution >= 4 is 17.2 Å². The fourth-order valence-electron chi connectivity index (χ4n) is 2.25. The molecule has 2 heterocycles. The highest BCUT2D eigenvalue weighted by Gasteiger charge is 2.28. The van der Waals surface area contributed by atoms with E-state index in [0.717, 1.165) is 11.4 Å². The summed E-state index contributed by atoms with van der Waals surface area (Å²) in [4.78, 5) is 17.4. The van der Waals surface area contributed by atoms with Crippen LogP contribution >= 0.6 is 11.3 Å². The number of amides is 1. The van der Waals surface area contributed by atoms with Crippen molar-refractivity contribution in [2.75, 3.05) is 0 Å². The predicted molar refractivity (Wildman–Crippen MR) is 90.4 cm³/mol. The van der Waals surface area contributed by atoms with Crippen LogP contribution in [0.1, 0.15) is 40.7 Å². The highest BCUT2D eigenvalue weighted by Crippen LogP contribution is 2.18. The summed E-state index contributed by atoms with van der Waals surface area (Å²) in [7, 11) is 0. The van der Waals surface area contributed by atoms with Crippen molar-refractivity contribution in [2.45, 2.75) is 25.8 Å². The van der Waals surface area contributed by atoms with Crippen LogP contribution < -0.4 is 5.32 Å². The van der Waals surface area contributed by atoms with Crippen LogP contribution in [0.2, 0.25) is 0 Å². The highest BCUT2D eigenvalue weighted by atomic mass is 32.1. The Kier molecular flexibility index (Phi) is 4.25. The number of benzene rings is 1. The van der Waals surface area contributed by atoms with Crippen LogP contribution in [0, 0.1) is 0 Å². The third-order valence-corrected chi connectivity index (χ3v) is 4.34. The third kappa shape index (κ3) is 3.65. The molecule has 0 spiro atoms. The lowest BCUT2D eigenvalue weighted by molar-refractivity contribution is 0.0912. The van der Waals surface area contributed by atoms with E-state index < -0.39 is 5.54 Å². The molecule has 0 saturated heterocycles. The Bertz CT molecular complexity index is 778. The van der Waals surface area contributed by atoms with Gasteiger partial charge in [-0.05, 0) is 30.9 Å². The molecule has 2 aromatic heterocycles. The first-order chi connectivity index (χ1) is 11.0. The second-order valence-electron chi connectivity index (χ2n) is 5.82. The van der Waals surface area contributed by atoms with E-state index in [9.17, 15) is 4.79 Å². The number of thiophene rings is 1. The Hall–Kier alpha value is -2.47. The molecule has 0 aliphatic carbocycles. The number of nitrogens with one attached hydrogen (secondary N) is 2. The van der Waals surface area contributed by atoms with Crippen LogP contribution in [0.25, 0.3) is 0 Å². The van der Waals surface area contributed by atoms with Gasteiger partial charge in [0.05, 0.1) is 10.4 Å². The maximum Gasteiger partial charge on any atom is 0.262 e. The Morgan fingerprint density at radius 2 is 2.00 bits per heavy atom. The summed E-state index contributed by atoms with van der Waals surface area (Å²) in [5, 5.41) is 12.1. The minimum atomic E-state index is -0.646. The van der Waals surface area contributed by atoms with E-state index in [4.69, 9.17) is 0 Å². The normalized spacial score (nSPS) is 11.4. The highest BCUT2D eigenvalue weighted by molar-refractivity contribution is 7.12. The molecule has 5 nitrogen and oxygen atoms in total. The smallest absolute Gasteiger partial charge is 0.262 e. The van der Waals surface area contributed by atoms with Crippen LogP contribution in [-0.4, -0.2) is 21.1 Å². The van der Waals surface area contributed by atoms with E-state index in [-0.39, 0.29) is 5.91 Å². The lowest BCUT2D eigenvalue weighted by Crippen LogP contribution is -2.41. The number of hydrogen-bond donors (Lipinski definition) is 2. The second-order valence-corrected chi connectivity index (χ2v) is 6.77. The number of carbonyl (C=O) groups is 1. The summed E-state index contributed by atoms with van der Waals surface area (Å²) in [6.07, 6.45) is 0.683. The van der Waals surface area contributed by atoms with Gasteiger partial charge in [0, 0.05) is 6.42 Å². The number of carbonyl (C=O) groups excluding carboxylic acids is 1. The van der Waals surface area contributed by atoms with Gasteiger partial charge >= 0.3 is 0 Å². The second kappa shape index (κ2) is 6.34. The maximum atomic E-state index is 12.2. The van der Waals surface area contributed by atoms with Gasteiger partial charge in [-0.3, -0.25) is 9.89 Å². The molecular weight excluding hydrogens is 308 g/mol. The van der Waals surface area contributed by atoms with Gasteiger partial charge < -0.3 is 5.32 Å². The minimum Gasteiger partial charge on any atom is -0.339 e. The summed E-state index contributed by atoms with van der Waals surface area (Å²) in [6.45, 7) is 3.79. The van der Waals surface area contributed by atoms with Crippen LogP contribution in [0.3, 0.4) is 0 Å². The van der Waals surface area contributed by atoms with Gasteiger partial charge in [-0.2, -0.15) is 5.10 Å². The van der Waals surface area contributed by atoms with Gasteiger partial charge in [0.25, 0.3) is 5.91 Å². The molecule has 0 fully saturated rings. The zero-order valence-corrected chi connectivity index (χ0v) is 13.9. The van der Waals surface area contributed by atoms with Crippen molar-refractivity contribution in [1.82, 2.24) is 20.5 Å².